The third-order valence-electron chi connectivity index (χ3n) is 3.74. The number of fused-ring (bicyclic) bond motifs is 1. The second-order valence-electron chi connectivity index (χ2n) is 4.95. The van der Waals surface area contributed by atoms with Gasteiger partial charge in [-0.1, -0.05) is 0 Å². The predicted molar refractivity (Wildman–Crippen MR) is 64.2 cm³/mol. The van der Waals surface area contributed by atoms with Crippen LogP contribution in [0.3, 0.4) is 0 Å². The fourth-order valence-corrected chi connectivity index (χ4v) is 4.67. The number of hydrogen-bond donors (Lipinski definition) is 1. The van der Waals surface area contributed by atoms with Crippen molar-refractivity contribution in [2.75, 3.05) is 5.75 Å². The Labute approximate surface area is 101 Å². The molecule has 0 spiro atoms. The molecule has 3 heterocycles. The van der Waals surface area contributed by atoms with Crippen molar-refractivity contribution in [1.29, 1.82) is 0 Å². The summed E-state index contributed by atoms with van der Waals surface area (Å²) < 4.78 is 25.7. The highest BCUT2D eigenvalue weighted by Gasteiger charge is 2.35. The van der Waals surface area contributed by atoms with Gasteiger partial charge in [0.2, 0.25) is 0 Å². The lowest BCUT2D eigenvalue weighted by Gasteiger charge is -2.20. The number of rotatable bonds is 1. The van der Waals surface area contributed by atoms with Crippen molar-refractivity contribution in [3.8, 4) is 0 Å². The standard InChI is InChI=1S/C11H17N3O2S/c12-10-4-1-5-11-13-8(7-14(10)11)9-3-2-6-17(9,15)16/h7,9-10H,1-6,12H2. The Kier molecular flexibility index (Phi) is 2.52. The summed E-state index contributed by atoms with van der Waals surface area (Å²) in [5.41, 5.74) is 6.70. The molecule has 0 aromatic carbocycles. The van der Waals surface area contributed by atoms with Gasteiger partial charge in [0, 0.05) is 12.6 Å². The van der Waals surface area contributed by atoms with Crippen molar-refractivity contribution in [2.45, 2.75) is 43.5 Å². The van der Waals surface area contributed by atoms with Crippen LogP contribution in [0.5, 0.6) is 0 Å². The van der Waals surface area contributed by atoms with E-state index in [1.54, 1.807) is 0 Å². The zero-order chi connectivity index (χ0) is 12.0. The van der Waals surface area contributed by atoms with E-state index in [-0.39, 0.29) is 6.17 Å². The first kappa shape index (κ1) is 11.2. The Morgan fingerprint density at radius 2 is 2.18 bits per heavy atom. The SMILES string of the molecule is NC1CCCc2nc(C3CCCS3(=O)=O)cn21. The van der Waals surface area contributed by atoms with Crippen LogP contribution in [0.4, 0.5) is 0 Å². The quantitative estimate of drug-likeness (QED) is 0.809. The number of nitrogens with two attached hydrogens (primary N) is 1. The number of hydrogen-bond acceptors (Lipinski definition) is 4. The molecule has 3 rings (SSSR count). The van der Waals surface area contributed by atoms with E-state index >= 15 is 0 Å². The second kappa shape index (κ2) is 3.81. The molecule has 5 nitrogen and oxygen atoms in total. The molecule has 1 fully saturated rings. The van der Waals surface area contributed by atoms with Gasteiger partial charge in [0.25, 0.3) is 0 Å². The topological polar surface area (TPSA) is 78.0 Å². The molecule has 2 atom stereocenters. The summed E-state index contributed by atoms with van der Waals surface area (Å²) in [6, 6.07) is 0. The Bertz CT molecular complexity index is 535. The molecular formula is C11H17N3O2S. The van der Waals surface area contributed by atoms with Gasteiger partial charge in [0.1, 0.15) is 11.1 Å². The summed E-state index contributed by atoms with van der Waals surface area (Å²) in [5.74, 6) is 1.24. The van der Waals surface area contributed by atoms with Crippen molar-refractivity contribution in [2.24, 2.45) is 5.73 Å². The average molecular weight is 255 g/mol. The van der Waals surface area contributed by atoms with Crippen molar-refractivity contribution in [3.05, 3.63) is 17.7 Å². The van der Waals surface area contributed by atoms with Crippen molar-refractivity contribution < 1.29 is 8.42 Å². The summed E-state index contributed by atoms with van der Waals surface area (Å²) in [7, 11) is -2.97. The van der Waals surface area contributed by atoms with E-state index < -0.39 is 15.1 Å². The number of aryl methyl sites for hydroxylation is 1. The van der Waals surface area contributed by atoms with E-state index in [2.05, 4.69) is 4.98 Å². The van der Waals surface area contributed by atoms with Crippen molar-refractivity contribution in [1.82, 2.24) is 9.55 Å². The molecule has 6 heteroatoms. The first-order valence-corrected chi connectivity index (χ1v) is 7.84. The summed E-state index contributed by atoms with van der Waals surface area (Å²) in [6.07, 6.45) is 6.15. The molecule has 2 unspecified atom stereocenters. The van der Waals surface area contributed by atoms with Gasteiger partial charge in [0.05, 0.1) is 17.6 Å². The normalized spacial score (nSPS) is 31.4. The maximum atomic E-state index is 11.9. The molecule has 1 aromatic rings. The molecule has 0 amide bonds. The van der Waals surface area contributed by atoms with Crippen LogP contribution in [-0.4, -0.2) is 23.7 Å². The molecule has 2 aliphatic heterocycles. The smallest absolute Gasteiger partial charge is 0.158 e. The molecule has 0 radical (unpaired) electrons. The Hall–Kier alpha value is -0.880. The fraction of sp³-hybridized carbons (Fsp3) is 0.727. The molecule has 1 aromatic heterocycles. The van der Waals surface area contributed by atoms with E-state index in [0.717, 1.165) is 31.5 Å². The van der Waals surface area contributed by atoms with Crippen LogP contribution in [0.15, 0.2) is 6.20 Å². The van der Waals surface area contributed by atoms with E-state index in [1.807, 2.05) is 10.8 Å². The van der Waals surface area contributed by atoms with Crippen molar-refractivity contribution in [3.63, 3.8) is 0 Å². The van der Waals surface area contributed by atoms with Crippen LogP contribution < -0.4 is 5.73 Å². The van der Waals surface area contributed by atoms with Crippen LogP contribution in [0.2, 0.25) is 0 Å². The van der Waals surface area contributed by atoms with Crippen LogP contribution in [0.1, 0.15) is 48.6 Å². The molecule has 2 N–H and O–H groups in total. The van der Waals surface area contributed by atoms with Gasteiger partial charge < -0.3 is 10.3 Å². The monoisotopic (exact) mass is 255 g/mol. The Morgan fingerprint density at radius 1 is 1.35 bits per heavy atom. The van der Waals surface area contributed by atoms with E-state index in [0.29, 0.717) is 17.9 Å². The Balaban J connectivity index is 2.00. The molecule has 0 aliphatic carbocycles. The van der Waals surface area contributed by atoms with Crippen LogP contribution in [0.25, 0.3) is 0 Å². The maximum Gasteiger partial charge on any atom is 0.158 e. The van der Waals surface area contributed by atoms with Crippen LogP contribution in [-0.2, 0) is 16.3 Å². The third-order valence-corrected chi connectivity index (χ3v) is 5.95. The van der Waals surface area contributed by atoms with Gasteiger partial charge in [-0.3, -0.25) is 0 Å². The number of sulfone groups is 1. The van der Waals surface area contributed by atoms with Crippen molar-refractivity contribution >= 4 is 9.84 Å². The maximum absolute atomic E-state index is 11.9. The first-order chi connectivity index (χ1) is 8.08. The molecule has 1 saturated heterocycles. The highest BCUT2D eigenvalue weighted by Crippen LogP contribution is 2.35. The van der Waals surface area contributed by atoms with Gasteiger partial charge in [-0.2, -0.15) is 0 Å². The minimum absolute atomic E-state index is 0.0379. The lowest BCUT2D eigenvalue weighted by Crippen LogP contribution is -2.24. The van der Waals surface area contributed by atoms with Crippen LogP contribution >= 0.6 is 0 Å². The summed E-state index contributed by atoms with van der Waals surface area (Å²) in [6.45, 7) is 0. The minimum Gasteiger partial charge on any atom is -0.319 e. The molecule has 0 saturated carbocycles. The third kappa shape index (κ3) is 1.79. The highest BCUT2D eigenvalue weighted by atomic mass is 32.2. The van der Waals surface area contributed by atoms with Gasteiger partial charge in [-0.05, 0) is 25.7 Å². The van der Waals surface area contributed by atoms with E-state index in [4.69, 9.17) is 5.73 Å². The van der Waals surface area contributed by atoms with Gasteiger partial charge >= 0.3 is 0 Å². The lowest BCUT2D eigenvalue weighted by molar-refractivity contribution is 0.408. The largest absolute Gasteiger partial charge is 0.319 e. The summed E-state index contributed by atoms with van der Waals surface area (Å²) in [4.78, 5) is 4.48. The van der Waals surface area contributed by atoms with E-state index in [9.17, 15) is 8.42 Å². The molecule has 2 aliphatic rings. The van der Waals surface area contributed by atoms with Gasteiger partial charge in [-0.15, -0.1) is 0 Å². The first-order valence-electron chi connectivity index (χ1n) is 6.13. The summed E-state index contributed by atoms with van der Waals surface area (Å²) in [5, 5.41) is -0.396. The number of nitrogens with zero attached hydrogens (tertiary/aromatic N) is 2. The number of imidazole rings is 1. The summed E-state index contributed by atoms with van der Waals surface area (Å²) >= 11 is 0. The predicted octanol–water partition coefficient (Wildman–Crippen LogP) is 0.926. The Morgan fingerprint density at radius 3 is 2.82 bits per heavy atom. The minimum atomic E-state index is -2.97. The average Bonchev–Trinajstić information content (AvgIpc) is 2.81. The van der Waals surface area contributed by atoms with Crippen LogP contribution in [0, 0.1) is 0 Å². The van der Waals surface area contributed by atoms with E-state index in [1.165, 1.54) is 0 Å². The second-order valence-corrected chi connectivity index (χ2v) is 7.25. The van der Waals surface area contributed by atoms with Gasteiger partial charge in [-0.25, -0.2) is 13.4 Å². The lowest BCUT2D eigenvalue weighted by atomic mass is 10.1. The fourth-order valence-electron chi connectivity index (χ4n) is 2.81. The zero-order valence-corrected chi connectivity index (χ0v) is 10.5. The number of aromatic nitrogens is 2. The zero-order valence-electron chi connectivity index (χ0n) is 9.67. The molecule has 0 bridgehead atoms. The highest BCUT2D eigenvalue weighted by molar-refractivity contribution is 7.91. The molecule has 94 valence electrons. The van der Waals surface area contributed by atoms with Gasteiger partial charge in [0.15, 0.2) is 9.84 Å². The molecular weight excluding hydrogens is 238 g/mol. The molecule has 17 heavy (non-hydrogen) atoms.